The number of rotatable bonds is 2. The van der Waals surface area contributed by atoms with Crippen molar-refractivity contribution in [3.63, 3.8) is 0 Å². The molecule has 0 saturated heterocycles. The molecule has 1 aromatic heterocycles. The van der Waals surface area contributed by atoms with Crippen LogP contribution in [0.1, 0.15) is 5.56 Å². The van der Waals surface area contributed by atoms with Crippen LogP contribution in [-0.4, -0.2) is 23.6 Å². The van der Waals surface area contributed by atoms with Crippen LogP contribution in [0.3, 0.4) is 0 Å². The molecular weight excluding hydrogens is 285 g/mol. The van der Waals surface area contributed by atoms with Crippen molar-refractivity contribution in [2.24, 2.45) is 5.14 Å². The van der Waals surface area contributed by atoms with E-state index in [4.69, 9.17) is 5.14 Å². The summed E-state index contributed by atoms with van der Waals surface area (Å²) in [6.45, 7) is 0. The van der Waals surface area contributed by atoms with E-state index in [1.807, 2.05) is 5.10 Å². The predicted octanol–water partition coefficient (Wildman–Crippen LogP) is 1.14. The lowest BCUT2D eigenvalue weighted by molar-refractivity contribution is -0.137. The first-order valence-corrected chi connectivity index (χ1v) is 6.36. The van der Waals surface area contributed by atoms with E-state index >= 15 is 0 Å². The molecule has 2 rings (SSSR count). The van der Waals surface area contributed by atoms with Gasteiger partial charge in [-0.15, -0.1) is 0 Å². The molecule has 0 saturated carbocycles. The number of H-pyrrole nitrogens is 1. The quantitative estimate of drug-likeness (QED) is 0.866. The normalized spacial score (nSPS) is 12.6. The van der Waals surface area contributed by atoms with Crippen LogP contribution in [0.15, 0.2) is 29.4 Å². The number of hydrogen-bond acceptors (Lipinski definition) is 4. The average Bonchev–Trinajstić information content (AvgIpc) is 2.76. The highest BCUT2D eigenvalue weighted by Gasteiger charge is 2.34. The average molecular weight is 292 g/mol. The van der Waals surface area contributed by atoms with Gasteiger partial charge in [-0.05, 0) is 6.07 Å². The Morgan fingerprint density at radius 3 is 2.37 bits per heavy atom. The Morgan fingerprint density at radius 1 is 1.21 bits per heavy atom. The molecule has 0 bridgehead atoms. The Morgan fingerprint density at radius 2 is 1.84 bits per heavy atom. The molecule has 2 aromatic rings. The first-order valence-electron chi connectivity index (χ1n) is 4.81. The van der Waals surface area contributed by atoms with Crippen molar-refractivity contribution in [1.82, 2.24) is 15.2 Å². The largest absolute Gasteiger partial charge is 0.417 e. The van der Waals surface area contributed by atoms with E-state index in [0.29, 0.717) is 0 Å². The summed E-state index contributed by atoms with van der Waals surface area (Å²) in [5.41, 5.74) is -1.30. The van der Waals surface area contributed by atoms with Gasteiger partial charge in [0.2, 0.25) is 0 Å². The number of alkyl halides is 3. The maximum atomic E-state index is 12.8. The zero-order chi connectivity index (χ0) is 14.3. The van der Waals surface area contributed by atoms with Crippen LogP contribution in [-0.2, 0) is 16.2 Å². The maximum Gasteiger partial charge on any atom is 0.417 e. The molecule has 3 N–H and O–H groups in total. The van der Waals surface area contributed by atoms with Crippen molar-refractivity contribution in [3.05, 3.63) is 29.8 Å². The van der Waals surface area contributed by atoms with Gasteiger partial charge in [-0.1, -0.05) is 18.2 Å². The number of sulfonamides is 1. The van der Waals surface area contributed by atoms with Crippen LogP contribution in [0.25, 0.3) is 11.4 Å². The number of nitrogens with two attached hydrogens (primary N) is 1. The van der Waals surface area contributed by atoms with Crippen molar-refractivity contribution in [1.29, 1.82) is 0 Å². The zero-order valence-corrected chi connectivity index (χ0v) is 9.96. The number of benzene rings is 1. The molecule has 10 heteroatoms. The summed E-state index contributed by atoms with van der Waals surface area (Å²) < 4.78 is 60.3. The first-order chi connectivity index (χ1) is 8.69. The van der Waals surface area contributed by atoms with Gasteiger partial charge in [0.15, 0.2) is 5.82 Å². The van der Waals surface area contributed by atoms with E-state index in [-0.39, 0.29) is 5.56 Å². The van der Waals surface area contributed by atoms with Gasteiger partial charge in [0.25, 0.3) is 15.2 Å². The molecule has 1 aromatic carbocycles. The van der Waals surface area contributed by atoms with Crippen molar-refractivity contribution in [2.45, 2.75) is 11.3 Å². The summed E-state index contributed by atoms with van der Waals surface area (Å²) in [6, 6.07) is 4.55. The number of aromatic nitrogens is 3. The van der Waals surface area contributed by atoms with Crippen molar-refractivity contribution < 1.29 is 21.6 Å². The standard InChI is InChI=1S/C9H7F3N4O2S/c10-9(11,12)6-4-2-1-3-5(6)7-14-8(16-15-7)19(13,17)18/h1-4H,(H2,13,17,18)(H,14,15,16). The number of aromatic amines is 1. The monoisotopic (exact) mass is 292 g/mol. The Labute approximate surface area is 105 Å². The SMILES string of the molecule is NS(=O)(=O)c1nc(-c2ccccc2C(F)(F)F)n[nH]1. The molecule has 0 atom stereocenters. The van der Waals surface area contributed by atoms with Crippen LogP contribution in [0, 0.1) is 0 Å². The van der Waals surface area contributed by atoms with Gasteiger partial charge in [0.05, 0.1) is 5.56 Å². The van der Waals surface area contributed by atoms with Crippen molar-refractivity contribution in [2.75, 3.05) is 0 Å². The molecular formula is C9H7F3N4O2S. The van der Waals surface area contributed by atoms with Gasteiger partial charge in [-0.3, -0.25) is 0 Å². The van der Waals surface area contributed by atoms with Gasteiger partial charge >= 0.3 is 6.18 Å². The van der Waals surface area contributed by atoms with E-state index in [1.165, 1.54) is 12.1 Å². The number of halogens is 3. The second kappa shape index (κ2) is 4.31. The Balaban J connectivity index is 2.58. The number of nitrogens with one attached hydrogen (secondary N) is 1. The highest BCUT2D eigenvalue weighted by atomic mass is 32.2. The van der Waals surface area contributed by atoms with E-state index in [0.717, 1.165) is 12.1 Å². The fourth-order valence-electron chi connectivity index (χ4n) is 1.42. The molecule has 0 unspecified atom stereocenters. The molecule has 1 heterocycles. The second-order valence-electron chi connectivity index (χ2n) is 3.55. The Hall–Kier alpha value is -1.94. The summed E-state index contributed by atoms with van der Waals surface area (Å²) in [5.74, 6) is -0.392. The molecule has 0 fully saturated rings. The zero-order valence-electron chi connectivity index (χ0n) is 9.14. The van der Waals surface area contributed by atoms with Crippen LogP contribution in [0.5, 0.6) is 0 Å². The molecule has 0 aliphatic rings. The fourth-order valence-corrected chi connectivity index (χ4v) is 1.81. The minimum Gasteiger partial charge on any atom is -0.248 e. The lowest BCUT2D eigenvalue weighted by Crippen LogP contribution is -2.14. The van der Waals surface area contributed by atoms with Gasteiger partial charge in [-0.2, -0.15) is 23.3 Å². The Bertz CT molecular complexity index is 708. The third kappa shape index (κ3) is 2.74. The highest BCUT2D eigenvalue weighted by Crippen LogP contribution is 2.35. The van der Waals surface area contributed by atoms with Crippen molar-refractivity contribution in [3.8, 4) is 11.4 Å². The van der Waals surface area contributed by atoms with E-state index in [2.05, 4.69) is 10.1 Å². The molecule has 0 aliphatic heterocycles. The first kappa shape index (κ1) is 13.5. The molecule has 0 amide bonds. The second-order valence-corrected chi connectivity index (χ2v) is 5.03. The molecule has 0 radical (unpaired) electrons. The maximum absolute atomic E-state index is 12.8. The molecule has 6 nitrogen and oxygen atoms in total. The summed E-state index contributed by atoms with van der Waals surface area (Å²) in [4.78, 5) is 3.45. The Kier molecular flexibility index (Phi) is 3.06. The van der Waals surface area contributed by atoms with Crippen molar-refractivity contribution >= 4 is 10.0 Å². The number of hydrogen-bond donors (Lipinski definition) is 2. The number of nitrogens with zero attached hydrogens (tertiary/aromatic N) is 2. The lowest BCUT2D eigenvalue weighted by atomic mass is 10.1. The van der Waals surface area contributed by atoms with Crippen LogP contribution >= 0.6 is 0 Å². The molecule has 0 spiro atoms. The minimum atomic E-state index is -4.60. The summed E-state index contributed by atoms with van der Waals surface area (Å²) in [5, 5.41) is 9.51. The third-order valence-corrected chi connectivity index (χ3v) is 2.93. The summed E-state index contributed by atoms with van der Waals surface area (Å²) in [6.07, 6.45) is -4.60. The topological polar surface area (TPSA) is 102 Å². The molecule has 0 aliphatic carbocycles. The van der Waals surface area contributed by atoms with Gasteiger partial charge in [-0.25, -0.2) is 18.7 Å². The van der Waals surface area contributed by atoms with Gasteiger partial charge in [0.1, 0.15) is 0 Å². The van der Waals surface area contributed by atoms with Crippen LogP contribution in [0.2, 0.25) is 0 Å². The van der Waals surface area contributed by atoms with E-state index < -0.39 is 32.7 Å². The van der Waals surface area contributed by atoms with Crippen LogP contribution < -0.4 is 5.14 Å². The molecule has 102 valence electrons. The predicted molar refractivity (Wildman–Crippen MR) is 58.2 cm³/mol. The highest BCUT2D eigenvalue weighted by molar-refractivity contribution is 7.89. The van der Waals surface area contributed by atoms with Gasteiger partial charge in [0, 0.05) is 5.56 Å². The number of primary sulfonamides is 1. The summed E-state index contributed by atoms with van der Waals surface area (Å²) in [7, 11) is -4.15. The molecule has 19 heavy (non-hydrogen) atoms. The fraction of sp³-hybridized carbons (Fsp3) is 0.111. The smallest absolute Gasteiger partial charge is 0.248 e. The van der Waals surface area contributed by atoms with Gasteiger partial charge < -0.3 is 0 Å². The van der Waals surface area contributed by atoms with E-state index in [9.17, 15) is 21.6 Å². The van der Waals surface area contributed by atoms with Crippen LogP contribution in [0.4, 0.5) is 13.2 Å². The minimum absolute atomic E-state index is 0.332. The summed E-state index contributed by atoms with van der Waals surface area (Å²) >= 11 is 0. The third-order valence-electron chi connectivity index (χ3n) is 2.21. The lowest BCUT2D eigenvalue weighted by Gasteiger charge is -2.09. The van der Waals surface area contributed by atoms with E-state index in [1.54, 1.807) is 0 Å².